The molecule has 1 aromatic heterocycles. The summed E-state index contributed by atoms with van der Waals surface area (Å²) in [5.74, 6) is -3.32. The van der Waals surface area contributed by atoms with Crippen molar-refractivity contribution in [3.05, 3.63) is 20.8 Å². The van der Waals surface area contributed by atoms with Crippen molar-refractivity contribution in [2.75, 3.05) is 6.61 Å². The average Bonchev–Trinajstić information content (AvgIpc) is 2.52. The summed E-state index contributed by atoms with van der Waals surface area (Å²) in [5.41, 5.74) is 3.68. The molecular formula is C8H10BrF2NOS. The van der Waals surface area contributed by atoms with Crippen LogP contribution in [0.3, 0.4) is 0 Å². The van der Waals surface area contributed by atoms with Crippen LogP contribution in [0.5, 0.6) is 0 Å². The van der Waals surface area contributed by atoms with E-state index < -0.39 is 18.1 Å². The minimum Gasteiger partial charge on any atom is -0.390 e. The largest absolute Gasteiger partial charge is 0.390 e. The lowest BCUT2D eigenvalue weighted by Gasteiger charge is -2.31. The van der Waals surface area contributed by atoms with Gasteiger partial charge in [0.05, 0.1) is 3.79 Å². The van der Waals surface area contributed by atoms with Gasteiger partial charge in [-0.25, -0.2) is 8.78 Å². The Morgan fingerprint density at radius 2 is 2.14 bits per heavy atom. The van der Waals surface area contributed by atoms with E-state index in [-0.39, 0.29) is 0 Å². The fourth-order valence-corrected chi connectivity index (χ4v) is 2.44. The number of thiophene rings is 1. The molecule has 0 spiro atoms. The highest BCUT2D eigenvalue weighted by molar-refractivity contribution is 9.11. The molecule has 1 aromatic rings. The topological polar surface area (TPSA) is 46.2 Å². The van der Waals surface area contributed by atoms with Gasteiger partial charge in [0.25, 0.3) is 5.92 Å². The van der Waals surface area contributed by atoms with Crippen molar-refractivity contribution < 1.29 is 13.9 Å². The Morgan fingerprint density at radius 1 is 1.57 bits per heavy atom. The number of hydrogen-bond donors (Lipinski definition) is 2. The molecular weight excluding hydrogens is 276 g/mol. The Bertz CT molecular complexity index is 327. The average molecular weight is 286 g/mol. The molecule has 80 valence electrons. The lowest BCUT2D eigenvalue weighted by molar-refractivity contribution is -0.107. The minimum atomic E-state index is -3.32. The van der Waals surface area contributed by atoms with Gasteiger partial charge in [0.1, 0.15) is 12.1 Å². The van der Waals surface area contributed by atoms with E-state index in [2.05, 4.69) is 15.9 Å². The zero-order valence-corrected chi connectivity index (χ0v) is 9.83. The van der Waals surface area contributed by atoms with Crippen molar-refractivity contribution in [3.8, 4) is 0 Å². The molecule has 0 bridgehead atoms. The van der Waals surface area contributed by atoms with E-state index in [1.54, 1.807) is 6.07 Å². The summed E-state index contributed by atoms with van der Waals surface area (Å²) in [6.07, 6.45) is 0. The second-order valence-electron chi connectivity index (χ2n) is 3.17. The predicted molar refractivity (Wildman–Crippen MR) is 55.6 cm³/mol. The van der Waals surface area contributed by atoms with Crippen LogP contribution in [-0.4, -0.2) is 17.6 Å². The maximum atomic E-state index is 13.2. The van der Waals surface area contributed by atoms with Crippen LogP contribution < -0.4 is 5.73 Å². The Balaban J connectivity index is 3.07. The molecule has 3 N–H and O–H groups in total. The lowest BCUT2D eigenvalue weighted by Crippen LogP contribution is -2.52. The highest BCUT2D eigenvalue weighted by Gasteiger charge is 2.48. The van der Waals surface area contributed by atoms with Crippen molar-refractivity contribution in [1.82, 2.24) is 0 Å². The van der Waals surface area contributed by atoms with Crippen LogP contribution in [0.4, 0.5) is 8.78 Å². The van der Waals surface area contributed by atoms with Crippen molar-refractivity contribution in [3.63, 3.8) is 0 Å². The summed E-state index contributed by atoms with van der Waals surface area (Å²) in [6.45, 7) is -0.0446. The van der Waals surface area contributed by atoms with E-state index in [1.165, 1.54) is 13.0 Å². The lowest BCUT2D eigenvalue weighted by atomic mass is 9.93. The van der Waals surface area contributed by atoms with Crippen LogP contribution in [0.2, 0.25) is 0 Å². The SMILES string of the molecule is C[C@@](N)(c1ccc(Br)s1)C(F)(F)CO. The van der Waals surface area contributed by atoms with Gasteiger partial charge in [0.2, 0.25) is 0 Å². The first-order chi connectivity index (χ1) is 6.31. The van der Waals surface area contributed by atoms with Gasteiger partial charge >= 0.3 is 0 Å². The summed E-state index contributed by atoms with van der Waals surface area (Å²) < 4.78 is 27.2. The number of halogens is 3. The number of aliphatic hydroxyl groups excluding tert-OH is 1. The van der Waals surface area contributed by atoms with Crippen molar-refractivity contribution in [2.45, 2.75) is 18.4 Å². The second-order valence-corrected chi connectivity index (χ2v) is 5.63. The number of nitrogens with two attached hydrogens (primary N) is 1. The Morgan fingerprint density at radius 3 is 2.50 bits per heavy atom. The molecule has 0 radical (unpaired) electrons. The van der Waals surface area contributed by atoms with Crippen molar-refractivity contribution in [2.24, 2.45) is 5.73 Å². The van der Waals surface area contributed by atoms with Gasteiger partial charge in [-0.15, -0.1) is 11.3 Å². The van der Waals surface area contributed by atoms with Gasteiger partial charge in [-0.3, -0.25) is 0 Å². The first-order valence-electron chi connectivity index (χ1n) is 3.84. The van der Waals surface area contributed by atoms with Gasteiger partial charge in [0, 0.05) is 4.88 Å². The molecule has 2 nitrogen and oxygen atoms in total. The molecule has 0 aliphatic rings. The molecule has 1 rings (SSSR count). The highest BCUT2D eigenvalue weighted by Crippen LogP contribution is 2.39. The molecule has 6 heteroatoms. The quantitative estimate of drug-likeness (QED) is 0.895. The van der Waals surface area contributed by atoms with E-state index in [9.17, 15) is 8.78 Å². The smallest absolute Gasteiger partial charge is 0.292 e. The van der Waals surface area contributed by atoms with Gasteiger partial charge in [0.15, 0.2) is 0 Å². The second kappa shape index (κ2) is 3.84. The Hall–Kier alpha value is -0.0400. The predicted octanol–water partition coefficient (Wildman–Crippen LogP) is 2.31. The zero-order valence-electron chi connectivity index (χ0n) is 7.43. The third kappa shape index (κ3) is 1.98. The molecule has 14 heavy (non-hydrogen) atoms. The highest BCUT2D eigenvalue weighted by atomic mass is 79.9. The maximum Gasteiger partial charge on any atom is 0.292 e. The number of alkyl halides is 2. The summed E-state index contributed by atoms with van der Waals surface area (Å²) in [6, 6.07) is 3.18. The third-order valence-corrected chi connectivity index (χ3v) is 3.90. The number of aliphatic hydroxyl groups is 1. The van der Waals surface area contributed by atoms with E-state index in [0.717, 1.165) is 15.1 Å². The number of hydrogen-bond acceptors (Lipinski definition) is 3. The van der Waals surface area contributed by atoms with Crippen LogP contribution in [0.1, 0.15) is 11.8 Å². The van der Waals surface area contributed by atoms with Crippen LogP contribution in [0.25, 0.3) is 0 Å². The summed E-state index contributed by atoms with van der Waals surface area (Å²) >= 11 is 4.31. The van der Waals surface area contributed by atoms with Gasteiger partial charge in [-0.05, 0) is 35.0 Å². The summed E-state index contributed by atoms with van der Waals surface area (Å²) in [5, 5.41) is 8.56. The molecule has 0 fully saturated rings. The summed E-state index contributed by atoms with van der Waals surface area (Å²) in [4.78, 5) is 0.337. The molecule has 1 atom stereocenters. The third-order valence-electron chi connectivity index (χ3n) is 2.04. The Labute approximate surface area is 92.9 Å². The zero-order chi connectivity index (χ0) is 11.0. The maximum absolute atomic E-state index is 13.2. The molecule has 0 unspecified atom stereocenters. The molecule has 0 aromatic carbocycles. The fraction of sp³-hybridized carbons (Fsp3) is 0.500. The van der Waals surface area contributed by atoms with E-state index >= 15 is 0 Å². The standard InChI is InChI=1S/C8H10BrF2NOS/c1-7(12,8(10,11)4-13)5-2-3-6(9)14-5/h2-3,13H,4,12H2,1H3/t7-/m1/s1. The Kier molecular flexibility index (Phi) is 3.30. The van der Waals surface area contributed by atoms with Gasteiger partial charge < -0.3 is 10.8 Å². The van der Waals surface area contributed by atoms with Gasteiger partial charge in [-0.1, -0.05) is 0 Å². The molecule has 0 saturated heterocycles. The fourth-order valence-electron chi connectivity index (χ4n) is 0.938. The normalized spacial score (nSPS) is 16.7. The van der Waals surface area contributed by atoms with Crippen LogP contribution in [0, 0.1) is 0 Å². The van der Waals surface area contributed by atoms with Crippen molar-refractivity contribution >= 4 is 27.3 Å². The molecule has 0 aliphatic carbocycles. The monoisotopic (exact) mass is 285 g/mol. The number of rotatable bonds is 3. The summed E-state index contributed by atoms with van der Waals surface area (Å²) in [7, 11) is 0. The van der Waals surface area contributed by atoms with Crippen molar-refractivity contribution in [1.29, 1.82) is 0 Å². The van der Waals surface area contributed by atoms with E-state index in [0.29, 0.717) is 4.88 Å². The first kappa shape index (κ1) is 12.0. The van der Waals surface area contributed by atoms with Crippen LogP contribution in [0.15, 0.2) is 15.9 Å². The molecule has 0 saturated carbocycles. The van der Waals surface area contributed by atoms with Crippen LogP contribution in [-0.2, 0) is 5.54 Å². The first-order valence-corrected chi connectivity index (χ1v) is 5.45. The molecule has 0 amide bonds. The van der Waals surface area contributed by atoms with E-state index in [4.69, 9.17) is 10.8 Å². The van der Waals surface area contributed by atoms with E-state index in [1.807, 2.05) is 0 Å². The molecule has 1 heterocycles. The molecule has 0 aliphatic heterocycles. The van der Waals surface area contributed by atoms with Crippen LogP contribution >= 0.6 is 27.3 Å². The van der Waals surface area contributed by atoms with Gasteiger partial charge in [-0.2, -0.15) is 0 Å². The minimum absolute atomic E-state index is 0.337.